The molecule has 5 nitrogen and oxygen atoms in total. The number of oxime groups is 1. The van der Waals surface area contributed by atoms with Crippen molar-refractivity contribution < 1.29 is 10.3 Å². The van der Waals surface area contributed by atoms with E-state index < -0.39 is 0 Å². The molecule has 0 spiro atoms. The number of nitrogens with two attached hydrogens (primary N) is 1. The van der Waals surface area contributed by atoms with Crippen LogP contribution in [0.3, 0.4) is 0 Å². The van der Waals surface area contributed by atoms with Gasteiger partial charge in [-0.2, -0.15) is 0 Å². The van der Waals surface area contributed by atoms with Crippen LogP contribution in [-0.2, 0) is 0 Å². The van der Waals surface area contributed by atoms with Gasteiger partial charge in [-0.25, -0.2) is 0 Å². The van der Waals surface area contributed by atoms with Gasteiger partial charge in [0, 0.05) is 12.6 Å². The lowest BCUT2D eigenvalue weighted by Crippen LogP contribution is -2.45. The summed E-state index contributed by atoms with van der Waals surface area (Å²) in [6, 6.07) is 0.225. The van der Waals surface area contributed by atoms with Gasteiger partial charge in [-0.05, 0) is 12.8 Å². The van der Waals surface area contributed by atoms with Gasteiger partial charge in [0.2, 0.25) is 5.96 Å². The summed E-state index contributed by atoms with van der Waals surface area (Å²) >= 11 is 0. The average molecular weight is 189 g/mol. The number of guanidine groups is 1. The van der Waals surface area contributed by atoms with Crippen LogP contribution in [0.4, 0.5) is 0 Å². The van der Waals surface area contributed by atoms with Crippen molar-refractivity contribution in [3.05, 3.63) is 0 Å². The SMILES string of the molecule is CCC(CC)N(CCO)C(N)=NO. The Hall–Kier alpha value is -0.970. The highest BCUT2D eigenvalue weighted by atomic mass is 16.4. The Morgan fingerprint density at radius 1 is 1.46 bits per heavy atom. The third kappa shape index (κ3) is 3.50. The maximum Gasteiger partial charge on any atom is 0.233 e. The second kappa shape index (κ2) is 6.54. The van der Waals surface area contributed by atoms with Crippen molar-refractivity contribution in [1.82, 2.24) is 4.90 Å². The van der Waals surface area contributed by atoms with Crippen molar-refractivity contribution in [3.8, 4) is 0 Å². The summed E-state index contributed by atoms with van der Waals surface area (Å²) in [5.74, 6) is 0.0720. The largest absolute Gasteiger partial charge is 0.408 e. The monoisotopic (exact) mass is 189 g/mol. The van der Waals surface area contributed by atoms with Crippen LogP contribution in [0.5, 0.6) is 0 Å². The molecule has 0 amide bonds. The number of hydrogen-bond acceptors (Lipinski definition) is 3. The molecule has 0 radical (unpaired) electrons. The smallest absolute Gasteiger partial charge is 0.233 e. The molecule has 0 fully saturated rings. The third-order valence-electron chi connectivity index (χ3n) is 2.12. The van der Waals surface area contributed by atoms with Gasteiger partial charge in [0.25, 0.3) is 0 Å². The lowest BCUT2D eigenvalue weighted by molar-refractivity contribution is 0.202. The maximum atomic E-state index is 8.79. The molecule has 13 heavy (non-hydrogen) atoms. The third-order valence-corrected chi connectivity index (χ3v) is 2.12. The number of nitrogens with zero attached hydrogens (tertiary/aromatic N) is 2. The molecule has 0 saturated heterocycles. The van der Waals surface area contributed by atoms with Crippen molar-refractivity contribution >= 4 is 5.96 Å². The number of rotatable bonds is 5. The highest BCUT2D eigenvalue weighted by molar-refractivity contribution is 5.77. The van der Waals surface area contributed by atoms with Gasteiger partial charge in [-0.15, -0.1) is 0 Å². The molecular formula is C8H19N3O2. The van der Waals surface area contributed by atoms with Crippen LogP contribution in [-0.4, -0.2) is 40.4 Å². The van der Waals surface area contributed by atoms with Gasteiger partial charge in [-0.3, -0.25) is 0 Å². The maximum absolute atomic E-state index is 8.79. The first-order chi connectivity index (χ1) is 6.21. The van der Waals surface area contributed by atoms with E-state index in [4.69, 9.17) is 16.0 Å². The standard InChI is InChI=1S/C8H19N3O2/c1-3-7(4-2)11(5-6-12)8(9)10-13/h7,12-13H,3-6H2,1-2H3,(H2,9,10). The molecule has 0 saturated carbocycles. The molecule has 0 rings (SSSR count). The Morgan fingerprint density at radius 3 is 2.31 bits per heavy atom. The van der Waals surface area contributed by atoms with E-state index in [1.54, 1.807) is 4.90 Å². The van der Waals surface area contributed by atoms with E-state index >= 15 is 0 Å². The van der Waals surface area contributed by atoms with Gasteiger partial charge < -0.3 is 20.9 Å². The van der Waals surface area contributed by atoms with Gasteiger partial charge in [-0.1, -0.05) is 19.0 Å². The van der Waals surface area contributed by atoms with E-state index in [9.17, 15) is 0 Å². The molecule has 0 aliphatic carbocycles. The van der Waals surface area contributed by atoms with Crippen LogP contribution in [0.2, 0.25) is 0 Å². The molecule has 5 heteroatoms. The zero-order chi connectivity index (χ0) is 10.3. The molecule has 0 aliphatic rings. The second-order valence-electron chi connectivity index (χ2n) is 2.85. The fraction of sp³-hybridized carbons (Fsp3) is 0.875. The van der Waals surface area contributed by atoms with Crippen molar-refractivity contribution in [2.75, 3.05) is 13.2 Å². The minimum atomic E-state index is 0.00667. The van der Waals surface area contributed by atoms with E-state index in [0.717, 1.165) is 12.8 Å². The summed E-state index contributed by atoms with van der Waals surface area (Å²) < 4.78 is 0. The van der Waals surface area contributed by atoms with Crippen molar-refractivity contribution in [2.45, 2.75) is 32.7 Å². The predicted octanol–water partition coefficient (Wildman–Crippen LogP) is 0.173. The van der Waals surface area contributed by atoms with Crippen LogP contribution in [0, 0.1) is 0 Å². The highest BCUT2D eigenvalue weighted by Gasteiger charge is 2.16. The first-order valence-corrected chi connectivity index (χ1v) is 4.56. The molecule has 0 aromatic rings. The molecule has 78 valence electrons. The molecule has 4 N–H and O–H groups in total. The van der Waals surface area contributed by atoms with Gasteiger partial charge in [0.1, 0.15) is 0 Å². The van der Waals surface area contributed by atoms with Crippen molar-refractivity contribution in [3.63, 3.8) is 0 Å². The van der Waals surface area contributed by atoms with Gasteiger partial charge >= 0.3 is 0 Å². The van der Waals surface area contributed by atoms with Gasteiger partial charge in [0.05, 0.1) is 6.61 Å². The zero-order valence-corrected chi connectivity index (χ0v) is 8.27. The van der Waals surface area contributed by atoms with E-state index in [-0.39, 0.29) is 18.6 Å². The topological polar surface area (TPSA) is 82.1 Å². The normalized spacial score (nSPS) is 12.2. The average Bonchev–Trinajstić information content (AvgIpc) is 2.17. The molecule has 0 aromatic heterocycles. The lowest BCUT2D eigenvalue weighted by Gasteiger charge is -2.29. The fourth-order valence-corrected chi connectivity index (χ4v) is 1.38. The van der Waals surface area contributed by atoms with E-state index in [1.165, 1.54) is 0 Å². The molecule has 0 bridgehead atoms. The molecule has 0 atom stereocenters. The molecule has 0 unspecified atom stereocenters. The number of hydrogen-bond donors (Lipinski definition) is 3. The Balaban J connectivity index is 4.37. The van der Waals surface area contributed by atoms with Crippen LogP contribution in [0.1, 0.15) is 26.7 Å². The van der Waals surface area contributed by atoms with Crippen LogP contribution in [0.25, 0.3) is 0 Å². The first-order valence-electron chi connectivity index (χ1n) is 4.56. The Bertz CT molecular complexity index is 157. The molecule has 0 aromatic carbocycles. The highest BCUT2D eigenvalue weighted by Crippen LogP contribution is 2.07. The first kappa shape index (κ1) is 12.0. The summed E-state index contributed by atoms with van der Waals surface area (Å²) in [4.78, 5) is 1.71. The van der Waals surface area contributed by atoms with Gasteiger partial charge in [0.15, 0.2) is 0 Å². The summed E-state index contributed by atoms with van der Waals surface area (Å²) in [6.07, 6.45) is 1.82. The van der Waals surface area contributed by atoms with Crippen LogP contribution in [0.15, 0.2) is 5.16 Å². The van der Waals surface area contributed by atoms with E-state index in [1.807, 2.05) is 13.8 Å². The van der Waals surface area contributed by atoms with Crippen molar-refractivity contribution in [2.24, 2.45) is 10.9 Å². The van der Waals surface area contributed by atoms with E-state index in [2.05, 4.69) is 5.16 Å². The summed E-state index contributed by atoms with van der Waals surface area (Å²) in [5, 5.41) is 20.2. The summed E-state index contributed by atoms with van der Waals surface area (Å²) in [7, 11) is 0. The zero-order valence-electron chi connectivity index (χ0n) is 8.27. The Kier molecular flexibility index (Phi) is 6.05. The summed E-state index contributed by atoms with van der Waals surface area (Å²) in [6.45, 7) is 4.47. The van der Waals surface area contributed by atoms with Crippen LogP contribution < -0.4 is 5.73 Å². The molecular weight excluding hydrogens is 170 g/mol. The fourth-order valence-electron chi connectivity index (χ4n) is 1.38. The van der Waals surface area contributed by atoms with E-state index in [0.29, 0.717) is 6.54 Å². The second-order valence-corrected chi connectivity index (χ2v) is 2.85. The number of aliphatic hydroxyl groups is 1. The quantitative estimate of drug-likeness (QED) is 0.249. The lowest BCUT2D eigenvalue weighted by atomic mass is 10.1. The van der Waals surface area contributed by atoms with Crippen LogP contribution >= 0.6 is 0 Å². The van der Waals surface area contributed by atoms with Crippen molar-refractivity contribution in [1.29, 1.82) is 0 Å². The minimum absolute atomic E-state index is 0.00667. The Morgan fingerprint density at radius 2 is 2.00 bits per heavy atom. The summed E-state index contributed by atoms with van der Waals surface area (Å²) in [5.41, 5.74) is 5.47. The molecule has 0 aliphatic heterocycles. The molecule has 0 heterocycles. The predicted molar refractivity (Wildman–Crippen MR) is 51.6 cm³/mol. The Labute approximate surface area is 78.8 Å². The number of aliphatic hydroxyl groups excluding tert-OH is 1. The minimum Gasteiger partial charge on any atom is -0.408 e.